The Balaban J connectivity index is 2.44. The summed E-state index contributed by atoms with van der Waals surface area (Å²) in [6.07, 6.45) is 0.895. The maximum Gasteiger partial charge on any atom is 0.257 e. The van der Waals surface area contributed by atoms with Gasteiger partial charge in [-0.15, -0.1) is 0 Å². The van der Waals surface area contributed by atoms with Gasteiger partial charge in [0.15, 0.2) is 6.61 Å². The number of hydrogen-bond donors (Lipinski definition) is 2. The zero-order chi connectivity index (χ0) is 13.4. The molecule has 0 fully saturated rings. The molecule has 0 unspecified atom stereocenters. The van der Waals surface area contributed by atoms with Crippen molar-refractivity contribution in [1.29, 1.82) is 0 Å². The standard InChI is InChI=1S/C13H18N2O3/c1-3-8-15-12(16)9-18-11-6-4-10(5-7-11)13(17)14-2/h4-7H,3,8-9H2,1-2H3,(H,14,17)(H,15,16). The fourth-order valence-corrected chi connectivity index (χ4v) is 1.31. The van der Waals surface area contributed by atoms with Crippen molar-refractivity contribution in [3.05, 3.63) is 29.8 Å². The third kappa shape index (κ3) is 4.45. The molecule has 0 aliphatic rings. The quantitative estimate of drug-likeness (QED) is 0.790. The van der Waals surface area contributed by atoms with E-state index >= 15 is 0 Å². The van der Waals surface area contributed by atoms with Gasteiger partial charge in [-0.25, -0.2) is 0 Å². The molecule has 0 radical (unpaired) electrons. The Labute approximate surface area is 107 Å². The van der Waals surface area contributed by atoms with Gasteiger partial charge in [0.1, 0.15) is 5.75 Å². The van der Waals surface area contributed by atoms with Gasteiger partial charge in [-0.1, -0.05) is 6.92 Å². The van der Waals surface area contributed by atoms with E-state index in [0.29, 0.717) is 17.9 Å². The Bertz CT molecular complexity index is 401. The first-order valence-electron chi connectivity index (χ1n) is 5.89. The number of carbonyl (C=O) groups is 2. The number of benzene rings is 1. The van der Waals surface area contributed by atoms with E-state index in [0.717, 1.165) is 6.42 Å². The molecule has 18 heavy (non-hydrogen) atoms. The Morgan fingerprint density at radius 2 is 1.89 bits per heavy atom. The second kappa shape index (κ2) is 7.32. The molecule has 0 aromatic heterocycles. The highest BCUT2D eigenvalue weighted by molar-refractivity contribution is 5.94. The topological polar surface area (TPSA) is 67.4 Å². The second-order valence-electron chi connectivity index (χ2n) is 3.74. The fourth-order valence-electron chi connectivity index (χ4n) is 1.31. The van der Waals surface area contributed by atoms with Crippen LogP contribution in [0, 0.1) is 0 Å². The largest absolute Gasteiger partial charge is 0.484 e. The van der Waals surface area contributed by atoms with Gasteiger partial charge >= 0.3 is 0 Å². The lowest BCUT2D eigenvalue weighted by molar-refractivity contribution is -0.123. The van der Waals surface area contributed by atoms with Crippen molar-refractivity contribution >= 4 is 11.8 Å². The molecule has 0 saturated carbocycles. The van der Waals surface area contributed by atoms with E-state index in [1.165, 1.54) is 0 Å². The SMILES string of the molecule is CCCNC(=O)COc1ccc(C(=O)NC)cc1. The summed E-state index contributed by atoms with van der Waals surface area (Å²) in [5.74, 6) is 0.267. The summed E-state index contributed by atoms with van der Waals surface area (Å²) in [4.78, 5) is 22.6. The van der Waals surface area contributed by atoms with E-state index in [1.54, 1.807) is 31.3 Å². The molecule has 1 aromatic rings. The Morgan fingerprint density at radius 1 is 1.22 bits per heavy atom. The van der Waals surface area contributed by atoms with E-state index in [9.17, 15) is 9.59 Å². The molecule has 0 spiro atoms. The Hall–Kier alpha value is -2.04. The summed E-state index contributed by atoms with van der Waals surface area (Å²) in [5.41, 5.74) is 0.556. The Kier molecular flexibility index (Phi) is 5.70. The summed E-state index contributed by atoms with van der Waals surface area (Å²) in [6, 6.07) is 6.63. The first-order chi connectivity index (χ1) is 8.67. The molecule has 1 aromatic carbocycles. The van der Waals surface area contributed by atoms with Crippen LogP contribution in [0.4, 0.5) is 0 Å². The number of amides is 2. The summed E-state index contributed by atoms with van der Waals surface area (Å²) >= 11 is 0. The predicted molar refractivity (Wildman–Crippen MR) is 68.6 cm³/mol. The lowest BCUT2D eigenvalue weighted by atomic mass is 10.2. The van der Waals surface area contributed by atoms with E-state index in [1.807, 2.05) is 6.92 Å². The highest BCUT2D eigenvalue weighted by Crippen LogP contribution is 2.11. The molecule has 0 heterocycles. The van der Waals surface area contributed by atoms with Crippen LogP contribution >= 0.6 is 0 Å². The summed E-state index contributed by atoms with van der Waals surface area (Å²) in [7, 11) is 1.57. The van der Waals surface area contributed by atoms with Crippen LogP contribution in [0.5, 0.6) is 5.75 Å². The molecule has 5 nitrogen and oxygen atoms in total. The van der Waals surface area contributed by atoms with Gasteiger partial charge in [0.05, 0.1) is 0 Å². The van der Waals surface area contributed by atoms with Gasteiger partial charge in [0.25, 0.3) is 11.8 Å². The van der Waals surface area contributed by atoms with Crippen molar-refractivity contribution in [2.75, 3.05) is 20.2 Å². The van der Waals surface area contributed by atoms with E-state index < -0.39 is 0 Å². The van der Waals surface area contributed by atoms with Gasteiger partial charge in [-0.3, -0.25) is 9.59 Å². The fraction of sp³-hybridized carbons (Fsp3) is 0.385. The maximum absolute atomic E-state index is 11.3. The molecular formula is C13H18N2O3. The molecule has 1 rings (SSSR count). The molecular weight excluding hydrogens is 232 g/mol. The van der Waals surface area contributed by atoms with E-state index in [4.69, 9.17) is 4.74 Å². The van der Waals surface area contributed by atoms with Crippen LogP contribution in [0.1, 0.15) is 23.7 Å². The molecule has 0 aliphatic heterocycles. The first-order valence-corrected chi connectivity index (χ1v) is 5.89. The van der Waals surface area contributed by atoms with Gasteiger partial charge in [0.2, 0.25) is 0 Å². The van der Waals surface area contributed by atoms with Crippen LogP contribution in [-0.4, -0.2) is 32.0 Å². The number of rotatable bonds is 6. The lowest BCUT2D eigenvalue weighted by Gasteiger charge is -2.07. The van der Waals surface area contributed by atoms with Crippen LogP contribution in [0.2, 0.25) is 0 Å². The van der Waals surface area contributed by atoms with Gasteiger partial charge < -0.3 is 15.4 Å². The van der Waals surface area contributed by atoms with Crippen molar-refractivity contribution in [3.63, 3.8) is 0 Å². The Morgan fingerprint density at radius 3 is 2.44 bits per heavy atom. The smallest absolute Gasteiger partial charge is 0.257 e. The first kappa shape index (κ1) is 14.0. The monoisotopic (exact) mass is 250 g/mol. The van der Waals surface area contributed by atoms with Crippen molar-refractivity contribution < 1.29 is 14.3 Å². The third-order valence-electron chi connectivity index (χ3n) is 2.29. The second-order valence-corrected chi connectivity index (χ2v) is 3.74. The number of nitrogens with one attached hydrogen (secondary N) is 2. The minimum Gasteiger partial charge on any atom is -0.484 e. The van der Waals surface area contributed by atoms with Gasteiger partial charge in [-0.2, -0.15) is 0 Å². The van der Waals surface area contributed by atoms with E-state index in [-0.39, 0.29) is 18.4 Å². The zero-order valence-corrected chi connectivity index (χ0v) is 10.7. The average molecular weight is 250 g/mol. The van der Waals surface area contributed by atoms with Gasteiger partial charge in [-0.05, 0) is 30.7 Å². The van der Waals surface area contributed by atoms with Crippen LogP contribution in [0.15, 0.2) is 24.3 Å². The molecule has 98 valence electrons. The van der Waals surface area contributed by atoms with Crippen molar-refractivity contribution in [3.8, 4) is 5.75 Å². The lowest BCUT2D eigenvalue weighted by Crippen LogP contribution is -2.29. The molecule has 0 aliphatic carbocycles. The summed E-state index contributed by atoms with van der Waals surface area (Å²) < 4.78 is 5.29. The summed E-state index contributed by atoms with van der Waals surface area (Å²) in [5, 5.41) is 5.24. The van der Waals surface area contributed by atoms with Crippen LogP contribution < -0.4 is 15.4 Å². The normalized spacial score (nSPS) is 9.67. The van der Waals surface area contributed by atoms with Crippen molar-refractivity contribution in [1.82, 2.24) is 10.6 Å². The molecule has 0 saturated heterocycles. The minimum atomic E-state index is -0.151. The molecule has 2 N–H and O–H groups in total. The highest BCUT2D eigenvalue weighted by Gasteiger charge is 2.04. The van der Waals surface area contributed by atoms with Crippen LogP contribution in [0.3, 0.4) is 0 Å². The summed E-state index contributed by atoms with van der Waals surface area (Å²) in [6.45, 7) is 2.62. The average Bonchev–Trinajstić information content (AvgIpc) is 2.42. The molecule has 5 heteroatoms. The maximum atomic E-state index is 11.3. The van der Waals surface area contributed by atoms with Crippen molar-refractivity contribution in [2.45, 2.75) is 13.3 Å². The predicted octanol–water partition coefficient (Wildman–Crippen LogP) is 0.951. The minimum absolute atomic E-state index is 0.0146. The highest BCUT2D eigenvalue weighted by atomic mass is 16.5. The van der Waals surface area contributed by atoms with Gasteiger partial charge in [0, 0.05) is 19.2 Å². The van der Waals surface area contributed by atoms with E-state index in [2.05, 4.69) is 10.6 Å². The number of carbonyl (C=O) groups excluding carboxylic acids is 2. The molecule has 0 atom stereocenters. The third-order valence-corrected chi connectivity index (χ3v) is 2.29. The van der Waals surface area contributed by atoms with Crippen LogP contribution in [-0.2, 0) is 4.79 Å². The molecule has 0 bridgehead atoms. The van der Waals surface area contributed by atoms with Crippen LogP contribution in [0.25, 0.3) is 0 Å². The number of ether oxygens (including phenoxy) is 1. The molecule has 2 amide bonds. The van der Waals surface area contributed by atoms with Crippen molar-refractivity contribution in [2.24, 2.45) is 0 Å². The number of hydrogen-bond acceptors (Lipinski definition) is 3. The zero-order valence-electron chi connectivity index (χ0n) is 10.7.